The first-order chi connectivity index (χ1) is 15.4. The fourth-order valence-electron chi connectivity index (χ4n) is 4.13. The molecule has 0 amide bonds. The highest BCUT2D eigenvalue weighted by Crippen LogP contribution is 2.44. The number of aromatic nitrogens is 3. The molecule has 32 heavy (non-hydrogen) atoms. The lowest BCUT2D eigenvalue weighted by molar-refractivity contribution is 0.0694. The summed E-state index contributed by atoms with van der Waals surface area (Å²) >= 11 is 0. The van der Waals surface area contributed by atoms with E-state index in [9.17, 15) is 24.3 Å². The van der Waals surface area contributed by atoms with Gasteiger partial charge in [-0.2, -0.15) is 5.26 Å². The molecule has 1 aromatic carbocycles. The lowest BCUT2D eigenvalue weighted by Crippen LogP contribution is -2.22. The molecule has 3 aromatic heterocycles. The lowest BCUT2D eigenvalue weighted by Gasteiger charge is -2.11. The summed E-state index contributed by atoms with van der Waals surface area (Å²) in [7, 11) is 1.70. The molecule has 0 aliphatic heterocycles. The molecular formula is C23H14FN5O3. The van der Waals surface area contributed by atoms with Crippen LogP contribution < -0.4 is 10.9 Å². The van der Waals surface area contributed by atoms with Crippen LogP contribution in [0, 0.1) is 17.1 Å². The zero-order chi connectivity index (χ0) is 22.6. The van der Waals surface area contributed by atoms with E-state index < -0.39 is 22.9 Å². The third kappa shape index (κ3) is 2.74. The minimum atomic E-state index is -1.38. The minimum absolute atomic E-state index is 0.266. The summed E-state index contributed by atoms with van der Waals surface area (Å²) in [5.41, 5.74) is 3.61. The van der Waals surface area contributed by atoms with Crippen LogP contribution in [0.3, 0.4) is 0 Å². The molecule has 2 N–H and O–H groups in total. The van der Waals surface area contributed by atoms with Crippen LogP contribution in [0.2, 0.25) is 0 Å². The van der Waals surface area contributed by atoms with E-state index in [2.05, 4.69) is 21.4 Å². The number of anilines is 1. The number of nitriles is 1. The molecule has 0 spiro atoms. The summed E-state index contributed by atoms with van der Waals surface area (Å²) in [5.74, 6) is -1.81. The Balaban J connectivity index is 1.76. The van der Waals surface area contributed by atoms with Crippen LogP contribution in [0.1, 0.15) is 27.2 Å². The molecule has 0 atom stereocenters. The van der Waals surface area contributed by atoms with Crippen molar-refractivity contribution in [1.82, 2.24) is 14.4 Å². The highest BCUT2D eigenvalue weighted by Gasteiger charge is 2.28. The maximum absolute atomic E-state index is 14.2. The first kappa shape index (κ1) is 19.4. The van der Waals surface area contributed by atoms with E-state index in [0.29, 0.717) is 45.6 Å². The Bertz CT molecular complexity index is 1570. The summed E-state index contributed by atoms with van der Waals surface area (Å²) in [4.78, 5) is 32.4. The van der Waals surface area contributed by atoms with E-state index in [0.717, 1.165) is 16.2 Å². The van der Waals surface area contributed by atoms with Gasteiger partial charge in [0.1, 0.15) is 23.1 Å². The third-order valence-electron chi connectivity index (χ3n) is 5.61. The predicted molar refractivity (Wildman–Crippen MR) is 114 cm³/mol. The van der Waals surface area contributed by atoms with Gasteiger partial charge in [-0.25, -0.2) is 14.2 Å². The zero-order valence-electron chi connectivity index (χ0n) is 16.7. The molecule has 9 heteroatoms. The van der Waals surface area contributed by atoms with Crippen molar-refractivity contribution in [2.75, 3.05) is 12.4 Å². The number of hydrogen-bond acceptors (Lipinski definition) is 6. The van der Waals surface area contributed by atoms with Gasteiger partial charge >= 0.3 is 5.97 Å². The second-order valence-electron chi connectivity index (χ2n) is 7.31. The molecule has 5 rings (SSSR count). The van der Waals surface area contributed by atoms with Gasteiger partial charge in [-0.15, -0.1) is 0 Å². The molecule has 3 heterocycles. The summed E-state index contributed by atoms with van der Waals surface area (Å²) in [6, 6.07) is 8.23. The van der Waals surface area contributed by atoms with Crippen molar-refractivity contribution in [1.29, 1.82) is 5.26 Å². The van der Waals surface area contributed by atoms with Crippen molar-refractivity contribution in [3.8, 4) is 28.3 Å². The number of carbonyl (C=O) groups is 1. The number of aromatic carboxylic acids is 1. The number of pyridine rings is 2. The summed E-state index contributed by atoms with van der Waals surface area (Å²) in [6.07, 6.45) is 4.45. The molecule has 1 aliphatic carbocycles. The monoisotopic (exact) mass is 427 g/mol. The average molecular weight is 427 g/mol. The normalized spacial score (nSPS) is 11.7. The van der Waals surface area contributed by atoms with E-state index in [1.165, 1.54) is 18.3 Å². The number of benzene rings is 1. The summed E-state index contributed by atoms with van der Waals surface area (Å²) < 4.78 is 15.4. The first-order valence-electron chi connectivity index (χ1n) is 9.60. The maximum Gasteiger partial charge on any atom is 0.342 e. The van der Waals surface area contributed by atoms with E-state index in [-0.39, 0.29) is 5.65 Å². The van der Waals surface area contributed by atoms with E-state index >= 15 is 0 Å². The Morgan fingerprint density at radius 3 is 2.78 bits per heavy atom. The third-order valence-corrected chi connectivity index (χ3v) is 5.61. The van der Waals surface area contributed by atoms with Crippen LogP contribution in [-0.4, -0.2) is 32.5 Å². The van der Waals surface area contributed by atoms with Crippen molar-refractivity contribution < 1.29 is 14.3 Å². The number of rotatable bonds is 3. The second kappa shape index (κ2) is 6.99. The van der Waals surface area contributed by atoms with Crippen molar-refractivity contribution in [2.24, 2.45) is 0 Å². The number of halogens is 1. The minimum Gasteiger partial charge on any atom is -0.477 e. The number of carboxylic acid groups (broad SMARTS) is 1. The number of carboxylic acids is 1. The standard InChI is InChI=1S/C23H14FN5O3/c1-26-18-5-12(24)4-14-13(18)6-19-21(14)15(7-25)16(8-27-19)11-2-3-20-28-9-17(23(31)32)22(30)29(20)10-11/h2-5,8-10,26H,6H2,1H3,(H,31,32). The highest BCUT2D eigenvalue weighted by atomic mass is 19.1. The molecule has 4 aromatic rings. The van der Waals surface area contributed by atoms with Gasteiger partial charge in [-0.1, -0.05) is 0 Å². The van der Waals surface area contributed by atoms with Gasteiger partial charge < -0.3 is 10.4 Å². The van der Waals surface area contributed by atoms with Crippen LogP contribution in [-0.2, 0) is 6.42 Å². The second-order valence-corrected chi connectivity index (χ2v) is 7.31. The molecule has 0 radical (unpaired) electrons. The smallest absolute Gasteiger partial charge is 0.342 e. The predicted octanol–water partition coefficient (Wildman–Crippen LogP) is 3.08. The number of nitrogens with one attached hydrogen (secondary N) is 1. The Kier molecular flexibility index (Phi) is 4.23. The van der Waals surface area contributed by atoms with Gasteiger partial charge in [0, 0.05) is 54.4 Å². The van der Waals surface area contributed by atoms with Gasteiger partial charge in [0.15, 0.2) is 0 Å². The summed E-state index contributed by atoms with van der Waals surface area (Å²) in [5, 5.41) is 22.2. The van der Waals surface area contributed by atoms with Crippen molar-refractivity contribution in [3.63, 3.8) is 0 Å². The van der Waals surface area contributed by atoms with Crippen molar-refractivity contribution >= 4 is 17.3 Å². The van der Waals surface area contributed by atoms with E-state index in [1.54, 1.807) is 25.4 Å². The van der Waals surface area contributed by atoms with Crippen LogP contribution in [0.15, 0.2) is 47.7 Å². The van der Waals surface area contributed by atoms with Gasteiger partial charge in [0.2, 0.25) is 0 Å². The van der Waals surface area contributed by atoms with Crippen LogP contribution in [0.4, 0.5) is 10.1 Å². The molecule has 156 valence electrons. The fourth-order valence-corrected chi connectivity index (χ4v) is 4.13. The zero-order valence-corrected chi connectivity index (χ0v) is 16.7. The summed E-state index contributed by atoms with van der Waals surface area (Å²) in [6.45, 7) is 0. The van der Waals surface area contributed by atoms with E-state index in [1.807, 2.05) is 0 Å². The Morgan fingerprint density at radius 2 is 2.06 bits per heavy atom. The number of nitrogens with zero attached hydrogens (tertiary/aromatic N) is 4. The Morgan fingerprint density at radius 1 is 1.25 bits per heavy atom. The topological polar surface area (TPSA) is 120 Å². The van der Waals surface area contributed by atoms with Crippen molar-refractivity contribution in [3.05, 3.63) is 81.4 Å². The largest absolute Gasteiger partial charge is 0.477 e. The molecule has 0 saturated heterocycles. The van der Waals surface area contributed by atoms with Crippen LogP contribution in [0.5, 0.6) is 0 Å². The van der Waals surface area contributed by atoms with Crippen LogP contribution in [0.25, 0.3) is 27.9 Å². The van der Waals surface area contributed by atoms with Gasteiger partial charge in [-0.3, -0.25) is 14.2 Å². The van der Waals surface area contributed by atoms with Gasteiger partial charge in [0.05, 0.1) is 11.3 Å². The van der Waals surface area contributed by atoms with Gasteiger partial charge in [-0.05, 0) is 35.4 Å². The van der Waals surface area contributed by atoms with Crippen LogP contribution >= 0.6 is 0 Å². The highest BCUT2D eigenvalue weighted by molar-refractivity contribution is 5.90. The molecule has 0 fully saturated rings. The average Bonchev–Trinajstić information content (AvgIpc) is 3.16. The first-order valence-corrected chi connectivity index (χ1v) is 9.60. The lowest BCUT2D eigenvalue weighted by atomic mass is 9.95. The molecule has 0 bridgehead atoms. The molecular weight excluding hydrogens is 413 g/mol. The Labute approximate surface area is 180 Å². The Hall–Kier alpha value is -4.58. The number of fused-ring (bicyclic) bond motifs is 4. The number of hydrogen-bond donors (Lipinski definition) is 2. The van der Waals surface area contributed by atoms with Crippen molar-refractivity contribution in [2.45, 2.75) is 6.42 Å². The molecule has 0 saturated carbocycles. The molecule has 1 aliphatic rings. The van der Waals surface area contributed by atoms with Gasteiger partial charge in [0.25, 0.3) is 5.56 Å². The molecule has 8 nitrogen and oxygen atoms in total. The fraction of sp³-hybridized carbons (Fsp3) is 0.0870. The quantitative estimate of drug-likeness (QED) is 0.454. The molecule has 0 unspecified atom stereocenters. The van der Waals surface area contributed by atoms with E-state index in [4.69, 9.17) is 0 Å². The maximum atomic E-state index is 14.2. The SMILES string of the molecule is CNc1cc(F)cc2c1Cc1ncc(-c3ccc4ncc(C(=O)O)c(=O)n4c3)c(C#N)c1-2.